The van der Waals surface area contributed by atoms with E-state index in [1.165, 1.54) is 4.57 Å². The lowest BCUT2D eigenvalue weighted by Crippen LogP contribution is -2.18. The Kier molecular flexibility index (Phi) is 3.30. The lowest BCUT2D eigenvalue weighted by atomic mass is 10.2. The molecule has 9 heteroatoms. The predicted octanol–water partition coefficient (Wildman–Crippen LogP) is 0.384. The number of nitrogens with zero attached hydrogens (tertiary/aromatic N) is 3. The Balaban J connectivity index is 2.11. The van der Waals surface area contributed by atoms with Gasteiger partial charge in [-0.2, -0.15) is 0 Å². The molecule has 0 saturated heterocycles. The fraction of sp³-hybridized carbons (Fsp3) is 0.333. The van der Waals surface area contributed by atoms with E-state index >= 15 is 0 Å². The highest BCUT2D eigenvalue weighted by molar-refractivity contribution is 7.89. The van der Waals surface area contributed by atoms with Crippen molar-refractivity contribution in [2.75, 3.05) is 13.2 Å². The molecule has 0 unspecified atom stereocenters. The summed E-state index contributed by atoms with van der Waals surface area (Å²) in [5, 5.41) is 12.5. The number of sulfonamides is 1. The van der Waals surface area contributed by atoms with E-state index in [0.29, 0.717) is 42.6 Å². The number of fused-ring (bicyclic) bond motifs is 1. The normalized spacial score (nSPS) is 14.2. The molecule has 0 amide bonds. The Morgan fingerprint density at radius 1 is 1.24 bits per heavy atom. The average Bonchev–Trinajstić information content (AvgIpc) is 2.90. The van der Waals surface area contributed by atoms with Crippen molar-refractivity contribution < 1.29 is 17.9 Å². The van der Waals surface area contributed by atoms with Crippen LogP contribution in [0.3, 0.4) is 0 Å². The summed E-state index contributed by atoms with van der Waals surface area (Å²) in [6, 6.07) is 5.28. The van der Waals surface area contributed by atoms with Crippen LogP contribution in [0.5, 0.6) is 11.5 Å². The summed E-state index contributed by atoms with van der Waals surface area (Å²) in [5.41, 5.74) is 0.684. The first-order valence-electron chi connectivity index (χ1n) is 6.36. The maximum Gasteiger partial charge on any atom is 0.273 e. The summed E-state index contributed by atoms with van der Waals surface area (Å²) in [7, 11) is -3.92. The number of ether oxygens (including phenoxy) is 2. The van der Waals surface area contributed by atoms with Crippen molar-refractivity contribution in [1.82, 2.24) is 14.8 Å². The number of rotatable bonds is 3. The number of hydrogen-bond acceptors (Lipinski definition) is 6. The van der Waals surface area contributed by atoms with Crippen molar-refractivity contribution in [3.8, 4) is 22.9 Å². The molecule has 0 aliphatic carbocycles. The highest BCUT2D eigenvalue weighted by Crippen LogP contribution is 2.34. The third-order valence-corrected chi connectivity index (χ3v) is 3.90. The lowest BCUT2D eigenvalue weighted by Gasteiger charge is -2.18. The minimum atomic E-state index is -3.92. The van der Waals surface area contributed by atoms with E-state index < -0.39 is 10.0 Å². The number of benzene rings is 1. The van der Waals surface area contributed by atoms with Gasteiger partial charge in [0.05, 0.1) is 0 Å². The van der Waals surface area contributed by atoms with Crippen LogP contribution in [-0.4, -0.2) is 36.4 Å². The van der Waals surface area contributed by atoms with Crippen molar-refractivity contribution in [2.24, 2.45) is 5.14 Å². The van der Waals surface area contributed by atoms with Crippen LogP contribution in [0.4, 0.5) is 0 Å². The van der Waals surface area contributed by atoms with E-state index in [-0.39, 0.29) is 5.16 Å². The standard InChI is InChI=1S/C12H14N4O4S/c1-2-16-11(14-15-12(16)21(13,17)18)8-3-4-9-10(7-8)20-6-5-19-9/h3-4,7H,2,5-6H2,1H3,(H2,13,17,18). The van der Waals surface area contributed by atoms with Gasteiger partial charge in [-0.25, -0.2) is 13.6 Å². The van der Waals surface area contributed by atoms with Crippen LogP contribution in [-0.2, 0) is 16.6 Å². The van der Waals surface area contributed by atoms with Gasteiger partial charge in [0.1, 0.15) is 13.2 Å². The summed E-state index contributed by atoms with van der Waals surface area (Å²) in [6.07, 6.45) is 0. The highest BCUT2D eigenvalue weighted by atomic mass is 32.2. The molecule has 0 fully saturated rings. The highest BCUT2D eigenvalue weighted by Gasteiger charge is 2.22. The van der Waals surface area contributed by atoms with Crippen LogP contribution in [0.2, 0.25) is 0 Å². The Labute approximate surface area is 121 Å². The molecular formula is C12H14N4O4S. The Bertz CT molecular complexity index is 785. The lowest BCUT2D eigenvalue weighted by molar-refractivity contribution is 0.171. The quantitative estimate of drug-likeness (QED) is 0.878. The summed E-state index contributed by atoms with van der Waals surface area (Å²) >= 11 is 0. The number of primary sulfonamides is 1. The molecule has 1 aliphatic rings. The van der Waals surface area contributed by atoms with Crippen molar-refractivity contribution >= 4 is 10.0 Å². The van der Waals surface area contributed by atoms with Gasteiger partial charge in [0.2, 0.25) is 0 Å². The molecule has 1 aromatic carbocycles. The predicted molar refractivity (Wildman–Crippen MR) is 73.5 cm³/mol. The number of aromatic nitrogens is 3. The molecule has 1 aliphatic heterocycles. The maximum atomic E-state index is 11.5. The molecule has 2 aromatic rings. The first-order chi connectivity index (χ1) is 10.0. The number of nitrogens with two attached hydrogens (primary N) is 1. The molecule has 2 heterocycles. The summed E-state index contributed by atoms with van der Waals surface area (Å²) in [6.45, 7) is 3.15. The first kappa shape index (κ1) is 13.8. The zero-order valence-electron chi connectivity index (χ0n) is 11.3. The average molecular weight is 310 g/mol. The molecule has 0 atom stereocenters. The molecule has 2 N–H and O–H groups in total. The molecule has 0 spiro atoms. The molecule has 8 nitrogen and oxygen atoms in total. The van der Waals surface area contributed by atoms with Crippen molar-refractivity contribution in [3.63, 3.8) is 0 Å². The SMILES string of the molecule is CCn1c(-c2ccc3c(c2)OCCO3)nnc1S(N)(=O)=O. The van der Waals surface area contributed by atoms with E-state index in [1.807, 2.05) is 0 Å². The van der Waals surface area contributed by atoms with Gasteiger partial charge in [0, 0.05) is 12.1 Å². The minimum Gasteiger partial charge on any atom is -0.486 e. The van der Waals surface area contributed by atoms with Gasteiger partial charge >= 0.3 is 0 Å². The van der Waals surface area contributed by atoms with Crippen LogP contribution >= 0.6 is 0 Å². The third kappa shape index (κ3) is 2.45. The van der Waals surface area contributed by atoms with Crippen LogP contribution in [0, 0.1) is 0 Å². The molecule has 0 radical (unpaired) electrons. The molecule has 0 saturated carbocycles. The van der Waals surface area contributed by atoms with E-state index in [4.69, 9.17) is 14.6 Å². The van der Waals surface area contributed by atoms with E-state index in [2.05, 4.69) is 10.2 Å². The fourth-order valence-electron chi connectivity index (χ4n) is 2.18. The monoisotopic (exact) mass is 310 g/mol. The van der Waals surface area contributed by atoms with Gasteiger partial charge in [-0.3, -0.25) is 4.57 Å². The van der Waals surface area contributed by atoms with E-state index in [9.17, 15) is 8.42 Å². The smallest absolute Gasteiger partial charge is 0.273 e. The number of hydrogen-bond donors (Lipinski definition) is 1. The maximum absolute atomic E-state index is 11.5. The molecular weight excluding hydrogens is 296 g/mol. The summed E-state index contributed by atoms with van der Waals surface area (Å²) < 4.78 is 35.4. The zero-order chi connectivity index (χ0) is 15.0. The Morgan fingerprint density at radius 2 is 1.95 bits per heavy atom. The second-order valence-electron chi connectivity index (χ2n) is 4.45. The van der Waals surface area contributed by atoms with Crippen molar-refractivity contribution in [3.05, 3.63) is 18.2 Å². The van der Waals surface area contributed by atoms with Gasteiger partial charge in [0.15, 0.2) is 17.3 Å². The molecule has 112 valence electrons. The van der Waals surface area contributed by atoms with E-state index in [0.717, 1.165) is 0 Å². The van der Waals surface area contributed by atoms with Crippen molar-refractivity contribution in [2.45, 2.75) is 18.6 Å². The molecule has 3 rings (SSSR count). The van der Waals surface area contributed by atoms with Crippen molar-refractivity contribution in [1.29, 1.82) is 0 Å². The van der Waals surface area contributed by atoms with Gasteiger partial charge in [-0.15, -0.1) is 10.2 Å². The van der Waals surface area contributed by atoms with Crippen LogP contribution in [0.25, 0.3) is 11.4 Å². The van der Waals surface area contributed by atoms with Gasteiger partial charge in [-0.05, 0) is 25.1 Å². The largest absolute Gasteiger partial charge is 0.486 e. The minimum absolute atomic E-state index is 0.255. The fourth-order valence-corrected chi connectivity index (χ4v) is 2.86. The topological polar surface area (TPSA) is 109 Å². The van der Waals surface area contributed by atoms with E-state index in [1.54, 1.807) is 25.1 Å². The van der Waals surface area contributed by atoms with Crippen LogP contribution < -0.4 is 14.6 Å². The summed E-state index contributed by atoms with van der Waals surface area (Å²) in [5.74, 6) is 1.67. The first-order valence-corrected chi connectivity index (χ1v) is 7.91. The Hall–Kier alpha value is -2.13. The van der Waals surface area contributed by atoms with Gasteiger partial charge in [0.25, 0.3) is 15.2 Å². The molecule has 21 heavy (non-hydrogen) atoms. The van der Waals surface area contributed by atoms with Gasteiger partial charge in [-0.1, -0.05) is 0 Å². The summed E-state index contributed by atoms with van der Waals surface area (Å²) in [4.78, 5) is 0. The second-order valence-corrected chi connectivity index (χ2v) is 5.91. The Morgan fingerprint density at radius 3 is 2.62 bits per heavy atom. The molecule has 1 aromatic heterocycles. The third-order valence-electron chi connectivity index (χ3n) is 3.09. The van der Waals surface area contributed by atoms with Crippen LogP contribution in [0.1, 0.15) is 6.92 Å². The van der Waals surface area contributed by atoms with Gasteiger partial charge < -0.3 is 9.47 Å². The molecule has 0 bridgehead atoms. The van der Waals surface area contributed by atoms with Crippen LogP contribution in [0.15, 0.2) is 23.4 Å². The zero-order valence-corrected chi connectivity index (χ0v) is 12.1. The second kappa shape index (κ2) is 5.01.